The number of amides is 1. The zero-order chi connectivity index (χ0) is 20.5. The van der Waals surface area contributed by atoms with Crippen molar-refractivity contribution in [1.29, 1.82) is 0 Å². The van der Waals surface area contributed by atoms with Gasteiger partial charge in [-0.2, -0.15) is 0 Å². The van der Waals surface area contributed by atoms with Crippen LogP contribution in [-0.2, 0) is 13.0 Å². The average molecular weight is 393 g/mol. The molecule has 0 spiro atoms. The van der Waals surface area contributed by atoms with Crippen LogP contribution in [0.5, 0.6) is 11.5 Å². The van der Waals surface area contributed by atoms with E-state index in [1.165, 1.54) is 12.4 Å². The van der Waals surface area contributed by atoms with Crippen LogP contribution in [0, 0.1) is 0 Å². The van der Waals surface area contributed by atoms with E-state index < -0.39 is 0 Å². The van der Waals surface area contributed by atoms with Gasteiger partial charge in [0.1, 0.15) is 0 Å². The second-order valence-electron chi connectivity index (χ2n) is 6.17. The standard InChI is InChI=1S/C21H23N5O3/c1-28-18-7-6-15(11-19(18)29-2)8-10-23-21-25-12-16(13-26-21)20(27)24-14-17-5-3-4-9-22-17/h3-7,9,11-13H,8,10,14H2,1-2H3,(H,24,27)(H,23,25,26). The Morgan fingerprint density at radius 2 is 1.79 bits per heavy atom. The number of anilines is 1. The summed E-state index contributed by atoms with van der Waals surface area (Å²) in [6.07, 6.45) is 5.45. The van der Waals surface area contributed by atoms with Gasteiger partial charge in [-0.05, 0) is 36.2 Å². The van der Waals surface area contributed by atoms with Crippen LogP contribution in [-0.4, -0.2) is 41.6 Å². The molecule has 29 heavy (non-hydrogen) atoms. The molecule has 2 aromatic heterocycles. The molecule has 0 atom stereocenters. The summed E-state index contributed by atoms with van der Waals surface area (Å²) < 4.78 is 10.6. The van der Waals surface area contributed by atoms with E-state index in [1.54, 1.807) is 20.4 Å². The SMILES string of the molecule is COc1ccc(CCNc2ncc(C(=O)NCc3ccccn3)cn2)cc1OC. The molecule has 2 heterocycles. The number of carbonyl (C=O) groups excluding carboxylic acids is 1. The number of ether oxygens (including phenoxy) is 2. The van der Waals surface area contributed by atoms with Crippen LogP contribution >= 0.6 is 0 Å². The van der Waals surface area contributed by atoms with Gasteiger partial charge in [0.25, 0.3) is 5.91 Å². The molecule has 0 aliphatic rings. The van der Waals surface area contributed by atoms with Gasteiger partial charge in [0.15, 0.2) is 11.5 Å². The van der Waals surface area contributed by atoms with Crippen molar-refractivity contribution in [1.82, 2.24) is 20.3 Å². The van der Waals surface area contributed by atoms with Crippen LogP contribution in [0.1, 0.15) is 21.6 Å². The van der Waals surface area contributed by atoms with Crippen LogP contribution in [0.15, 0.2) is 55.0 Å². The molecular formula is C21H23N5O3. The van der Waals surface area contributed by atoms with Gasteiger partial charge in [-0.1, -0.05) is 12.1 Å². The number of rotatable bonds is 9. The summed E-state index contributed by atoms with van der Waals surface area (Å²) in [6.45, 7) is 0.992. The Balaban J connectivity index is 1.48. The van der Waals surface area contributed by atoms with Gasteiger partial charge in [0, 0.05) is 25.1 Å². The largest absolute Gasteiger partial charge is 0.493 e. The Labute approximate surface area is 169 Å². The molecule has 0 radical (unpaired) electrons. The lowest BCUT2D eigenvalue weighted by Gasteiger charge is -2.10. The summed E-state index contributed by atoms with van der Waals surface area (Å²) in [5.74, 6) is 1.62. The quantitative estimate of drug-likeness (QED) is 0.576. The monoisotopic (exact) mass is 393 g/mol. The maximum Gasteiger partial charge on any atom is 0.254 e. The molecule has 0 saturated carbocycles. The smallest absolute Gasteiger partial charge is 0.254 e. The van der Waals surface area contributed by atoms with E-state index in [1.807, 2.05) is 36.4 Å². The van der Waals surface area contributed by atoms with E-state index >= 15 is 0 Å². The number of carbonyl (C=O) groups is 1. The third-order valence-corrected chi connectivity index (χ3v) is 4.21. The molecule has 3 rings (SSSR count). The van der Waals surface area contributed by atoms with E-state index in [-0.39, 0.29) is 5.91 Å². The molecule has 0 bridgehead atoms. The van der Waals surface area contributed by atoms with E-state index in [4.69, 9.17) is 9.47 Å². The molecule has 0 saturated heterocycles. The molecule has 1 aromatic carbocycles. The van der Waals surface area contributed by atoms with Gasteiger partial charge < -0.3 is 20.1 Å². The van der Waals surface area contributed by atoms with E-state index in [9.17, 15) is 4.79 Å². The van der Waals surface area contributed by atoms with Crippen molar-refractivity contribution in [2.75, 3.05) is 26.1 Å². The first-order valence-corrected chi connectivity index (χ1v) is 9.14. The number of nitrogens with one attached hydrogen (secondary N) is 2. The summed E-state index contributed by atoms with van der Waals surface area (Å²) >= 11 is 0. The fraction of sp³-hybridized carbons (Fsp3) is 0.238. The third kappa shape index (κ3) is 5.65. The second kappa shape index (κ2) is 10.0. The van der Waals surface area contributed by atoms with Crippen molar-refractivity contribution in [2.45, 2.75) is 13.0 Å². The lowest BCUT2D eigenvalue weighted by Crippen LogP contribution is -2.23. The number of pyridine rings is 1. The Morgan fingerprint density at radius 3 is 2.48 bits per heavy atom. The van der Waals surface area contributed by atoms with Gasteiger partial charge in [0.2, 0.25) is 5.95 Å². The lowest BCUT2D eigenvalue weighted by molar-refractivity contribution is 0.0949. The highest BCUT2D eigenvalue weighted by atomic mass is 16.5. The molecule has 3 aromatic rings. The first-order chi connectivity index (χ1) is 14.2. The highest BCUT2D eigenvalue weighted by Gasteiger charge is 2.08. The first-order valence-electron chi connectivity index (χ1n) is 9.14. The topological polar surface area (TPSA) is 98.3 Å². The van der Waals surface area contributed by atoms with Crippen molar-refractivity contribution in [3.63, 3.8) is 0 Å². The average Bonchev–Trinajstić information content (AvgIpc) is 2.78. The van der Waals surface area contributed by atoms with Crippen molar-refractivity contribution < 1.29 is 14.3 Å². The number of aromatic nitrogens is 3. The van der Waals surface area contributed by atoms with Crippen LogP contribution in [0.2, 0.25) is 0 Å². The van der Waals surface area contributed by atoms with Crippen LogP contribution in [0.3, 0.4) is 0 Å². The summed E-state index contributed by atoms with van der Waals surface area (Å²) in [7, 11) is 3.22. The fourth-order valence-corrected chi connectivity index (χ4v) is 2.67. The van der Waals surface area contributed by atoms with Gasteiger partial charge >= 0.3 is 0 Å². The fourth-order valence-electron chi connectivity index (χ4n) is 2.67. The number of nitrogens with zero attached hydrogens (tertiary/aromatic N) is 3. The van der Waals surface area contributed by atoms with Crippen LogP contribution < -0.4 is 20.1 Å². The zero-order valence-corrected chi connectivity index (χ0v) is 16.4. The highest BCUT2D eigenvalue weighted by molar-refractivity contribution is 5.93. The third-order valence-electron chi connectivity index (χ3n) is 4.21. The molecule has 0 unspecified atom stereocenters. The van der Waals surface area contributed by atoms with E-state index in [0.29, 0.717) is 36.1 Å². The van der Waals surface area contributed by atoms with Crippen LogP contribution in [0.4, 0.5) is 5.95 Å². The molecular weight excluding hydrogens is 370 g/mol. The highest BCUT2D eigenvalue weighted by Crippen LogP contribution is 2.27. The summed E-state index contributed by atoms with van der Waals surface area (Å²) in [6, 6.07) is 11.4. The predicted octanol–water partition coefficient (Wildman–Crippen LogP) is 2.47. The van der Waals surface area contributed by atoms with Crippen molar-refractivity contribution in [3.05, 3.63) is 71.8 Å². The lowest BCUT2D eigenvalue weighted by atomic mass is 10.1. The molecule has 0 fully saturated rings. The molecule has 0 aliphatic heterocycles. The molecule has 150 valence electrons. The minimum Gasteiger partial charge on any atom is -0.493 e. The number of hydrogen-bond donors (Lipinski definition) is 2. The van der Waals surface area contributed by atoms with E-state index in [0.717, 1.165) is 17.7 Å². The molecule has 8 nitrogen and oxygen atoms in total. The Morgan fingerprint density at radius 1 is 1.00 bits per heavy atom. The molecule has 1 amide bonds. The molecule has 0 aliphatic carbocycles. The maximum atomic E-state index is 12.2. The van der Waals surface area contributed by atoms with Crippen molar-refractivity contribution >= 4 is 11.9 Å². The number of hydrogen-bond acceptors (Lipinski definition) is 7. The summed E-state index contributed by atoms with van der Waals surface area (Å²) in [4.78, 5) is 24.8. The summed E-state index contributed by atoms with van der Waals surface area (Å²) in [5, 5.41) is 5.94. The second-order valence-corrected chi connectivity index (χ2v) is 6.17. The molecule has 8 heteroatoms. The molecule has 2 N–H and O–H groups in total. The first kappa shape index (κ1) is 20.1. The van der Waals surface area contributed by atoms with Gasteiger partial charge in [-0.15, -0.1) is 0 Å². The van der Waals surface area contributed by atoms with E-state index in [2.05, 4.69) is 25.6 Å². The Kier molecular flexibility index (Phi) is 6.94. The Bertz CT molecular complexity index is 933. The normalized spacial score (nSPS) is 10.3. The minimum atomic E-state index is -0.243. The van der Waals surface area contributed by atoms with Gasteiger partial charge in [0.05, 0.1) is 32.0 Å². The van der Waals surface area contributed by atoms with Crippen molar-refractivity contribution in [2.24, 2.45) is 0 Å². The minimum absolute atomic E-state index is 0.243. The van der Waals surface area contributed by atoms with Crippen LogP contribution in [0.25, 0.3) is 0 Å². The van der Waals surface area contributed by atoms with Gasteiger partial charge in [-0.25, -0.2) is 9.97 Å². The summed E-state index contributed by atoms with van der Waals surface area (Å²) in [5.41, 5.74) is 2.28. The maximum absolute atomic E-state index is 12.2. The zero-order valence-electron chi connectivity index (χ0n) is 16.4. The predicted molar refractivity (Wildman–Crippen MR) is 109 cm³/mol. The number of methoxy groups -OCH3 is 2. The van der Waals surface area contributed by atoms with Gasteiger partial charge in [-0.3, -0.25) is 9.78 Å². The van der Waals surface area contributed by atoms with Crippen molar-refractivity contribution in [3.8, 4) is 11.5 Å². The number of benzene rings is 1. The Hall–Kier alpha value is -3.68.